The highest BCUT2D eigenvalue weighted by atomic mass is 35.5. The molecule has 0 saturated carbocycles. The number of ether oxygens (including phenoxy) is 1. The Morgan fingerprint density at radius 1 is 1.21 bits per heavy atom. The fourth-order valence-electron chi connectivity index (χ4n) is 3.81. The molecule has 4 heterocycles. The second-order valence-electron chi connectivity index (χ2n) is 7.39. The van der Waals surface area contributed by atoms with E-state index in [2.05, 4.69) is 25.1 Å². The molecular formula is C19H28Cl2N6O2. The number of rotatable bonds is 4. The molecule has 2 aromatic rings. The number of halogens is 2. The maximum Gasteiger partial charge on any atom is 0.276 e. The van der Waals surface area contributed by atoms with Crippen molar-refractivity contribution in [3.05, 3.63) is 35.7 Å². The molecule has 29 heavy (non-hydrogen) atoms. The zero-order chi connectivity index (χ0) is 18.8. The van der Waals surface area contributed by atoms with E-state index in [9.17, 15) is 4.79 Å². The highest BCUT2D eigenvalue weighted by Gasteiger charge is 2.30. The number of nitrogens with one attached hydrogen (secondary N) is 1. The number of pyridine rings is 1. The number of hydrogen-bond acceptors (Lipinski definition) is 6. The Morgan fingerprint density at radius 3 is 2.69 bits per heavy atom. The van der Waals surface area contributed by atoms with E-state index in [1.165, 1.54) is 0 Å². The van der Waals surface area contributed by atoms with Crippen LogP contribution >= 0.6 is 24.8 Å². The topological polar surface area (TPSA) is 85.2 Å². The van der Waals surface area contributed by atoms with Gasteiger partial charge < -0.3 is 19.5 Å². The Balaban J connectivity index is 0.00000150. The number of likely N-dealkylation sites (tertiary alicyclic amines) is 1. The van der Waals surface area contributed by atoms with Crippen LogP contribution in [0.15, 0.2) is 18.3 Å². The van der Waals surface area contributed by atoms with E-state index in [1.807, 2.05) is 24.8 Å². The third-order valence-electron chi connectivity index (χ3n) is 5.13. The summed E-state index contributed by atoms with van der Waals surface area (Å²) in [6, 6.07) is 3.60. The van der Waals surface area contributed by atoms with Crippen molar-refractivity contribution >= 4 is 30.7 Å². The summed E-state index contributed by atoms with van der Waals surface area (Å²) in [5.41, 5.74) is 0.399. The predicted molar refractivity (Wildman–Crippen MR) is 114 cm³/mol. The molecule has 160 valence electrons. The molecule has 1 amide bonds. The molecule has 2 aliphatic heterocycles. The first-order chi connectivity index (χ1) is 13.1. The fraction of sp³-hybridized carbons (Fsp3) is 0.579. The normalized spacial score (nSPS) is 16.6. The lowest BCUT2D eigenvalue weighted by Crippen LogP contribution is -2.39. The molecule has 0 aliphatic carbocycles. The van der Waals surface area contributed by atoms with Crippen molar-refractivity contribution in [2.24, 2.45) is 0 Å². The van der Waals surface area contributed by atoms with Crippen LogP contribution in [0.5, 0.6) is 5.75 Å². The fourth-order valence-corrected chi connectivity index (χ4v) is 3.81. The molecule has 0 spiro atoms. The van der Waals surface area contributed by atoms with Gasteiger partial charge in [0.1, 0.15) is 11.6 Å². The first-order valence-electron chi connectivity index (χ1n) is 9.67. The number of fused-ring (bicyclic) bond motifs is 1. The Labute approximate surface area is 183 Å². The van der Waals surface area contributed by atoms with Gasteiger partial charge in [-0.05, 0) is 38.8 Å². The lowest BCUT2D eigenvalue weighted by atomic mass is 9.95. The summed E-state index contributed by atoms with van der Waals surface area (Å²) in [7, 11) is 0. The Morgan fingerprint density at radius 2 is 1.97 bits per heavy atom. The summed E-state index contributed by atoms with van der Waals surface area (Å²) >= 11 is 0. The van der Waals surface area contributed by atoms with Gasteiger partial charge in [-0.25, -0.2) is 4.98 Å². The van der Waals surface area contributed by atoms with Gasteiger partial charge in [0.2, 0.25) is 0 Å². The van der Waals surface area contributed by atoms with Crippen LogP contribution in [0.4, 0.5) is 0 Å². The molecule has 0 atom stereocenters. The zero-order valence-corrected chi connectivity index (χ0v) is 18.3. The van der Waals surface area contributed by atoms with Crippen LogP contribution < -0.4 is 10.1 Å². The highest BCUT2D eigenvalue weighted by molar-refractivity contribution is 5.95. The summed E-state index contributed by atoms with van der Waals surface area (Å²) in [6.07, 6.45) is 3.43. The molecule has 0 aromatic carbocycles. The number of amides is 1. The second kappa shape index (κ2) is 10.2. The number of carbonyl (C=O) groups is 1. The molecule has 2 aromatic heterocycles. The molecule has 0 radical (unpaired) electrons. The van der Waals surface area contributed by atoms with E-state index in [4.69, 9.17) is 4.74 Å². The van der Waals surface area contributed by atoms with Crippen LogP contribution in [0, 0.1) is 0 Å². The molecule has 1 fully saturated rings. The van der Waals surface area contributed by atoms with Crippen molar-refractivity contribution in [2.45, 2.75) is 51.8 Å². The smallest absolute Gasteiger partial charge is 0.276 e. The summed E-state index contributed by atoms with van der Waals surface area (Å²) in [6.45, 7) is 7.93. The van der Waals surface area contributed by atoms with Crippen LogP contribution in [-0.2, 0) is 13.1 Å². The van der Waals surface area contributed by atoms with Gasteiger partial charge in [-0.1, -0.05) is 0 Å². The van der Waals surface area contributed by atoms with E-state index in [-0.39, 0.29) is 36.8 Å². The number of hydrogen-bond donors (Lipinski definition) is 1. The van der Waals surface area contributed by atoms with Gasteiger partial charge in [0.25, 0.3) is 5.91 Å². The molecule has 1 N–H and O–H groups in total. The van der Waals surface area contributed by atoms with Crippen LogP contribution in [-0.4, -0.2) is 56.3 Å². The van der Waals surface area contributed by atoms with E-state index in [0.29, 0.717) is 30.5 Å². The summed E-state index contributed by atoms with van der Waals surface area (Å²) in [5, 5.41) is 12.1. The van der Waals surface area contributed by atoms with E-state index >= 15 is 0 Å². The minimum absolute atomic E-state index is 0. The molecule has 2 aliphatic rings. The average molecular weight is 443 g/mol. The van der Waals surface area contributed by atoms with E-state index in [0.717, 1.165) is 44.1 Å². The number of piperidine rings is 1. The quantitative estimate of drug-likeness (QED) is 0.782. The van der Waals surface area contributed by atoms with Crippen LogP contribution in [0.1, 0.15) is 54.7 Å². The largest absolute Gasteiger partial charge is 0.489 e. The highest BCUT2D eigenvalue weighted by Crippen LogP contribution is 2.29. The molecular weight excluding hydrogens is 415 g/mol. The van der Waals surface area contributed by atoms with Crippen molar-refractivity contribution in [2.75, 3.05) is 19.6 Å². The molecule has 8 nitrogen and oxygen atoms in total. The number of nitrogens with zero attached hydrogens (tertiary/aromatic N) is 5. The standard InChI is InChI=1S/C19H26N6O2.2ClH/c1-13(2)27-15-4-3-7-21-17(15)19(26)24-9-5-14(6-10-24)18-23-22-16-12-20-8-11-25(16)18;;/h3-4,7,13-14,20H,5-6,8-12H2,1-2H3;2*1H. The zero-order valence-electron chi connectivity index (χ0n) is 16.7. The third kappa shape index (κ3) is 4.99. The lowest BCUT2D eigenvalue weighted by molar-refractivity contribution is 0.0697. The first kappa shape index (κ1) is 23.4. The maximum absolute atomic E-state index is 13.0. The van der Waals surface area contributed by atoms with Gasteiger partial charge >= 0.3 is 0 Å². The Hall–Kier alpha value is -1.90. The van der Waals surface area contributed by atoms with Gasteiger partial charge in [-0.15, -0.1) is 35.0 Å². The predicted octanol–water partition coefficient (Wildman–Crippen LogP) is 2.43. The molecule has 10 heteroatoms. The van der Waals surface area contributed by atoms with Crippen molar-refractivity contribution in [1.82, 2.24) is 30.0 Å². The average Bonchev–Trinajstić information content (AvgIpc) is 3.12. The van der Waals surface area contributed by atoms with Crippen LogP contribution in [0.3, 0.4) is 0 Å². The summed E-state index contributed by atoms with van der Waals surface area (Å²) < 4.78 is 8.00. The summed E-state index contributed by atoms with van der Waals surface area (Å²) in [4.78, 5) is 19.1. The first-order valence-corrected chi connectivity index (χ1v) is 9.67. The van der Waals surface area contributed by atoms with Gasteiger partial charge in [0, 0.05) is 38.3 Å². The van der Waals surface area contributed by atoms with E-state index < -0.39 is 0 Å². The second-order valence-corrected chi connectivity index (χ2v) is 7.39. The van der Waals surface area contributed by atoms with Crippen molar-refractivity contribution < 1.29 is 9.53 Å². The van der Waals surface area contributed by atoms with Crippen LogP contribution in [0.2, 0.25) is 0 Å². The van der Waals surface area contributed by atoms with Gasteiger partial charge in [-0.2, -0.15) is 0 Å². The van der Waals surface area contributed by atoms with Gasteiger partial charge in [0.05, 0.1) is 12.6 Å². The van der Waals surface area contributed by atoms with Crippen molar-refractivity contribution in [1.29, 1.82) is 0 Å². The van der Waals surface area contributed by atoms with Crippen molar-refractivity contribution in [3.63, 3.8) is 0 Å². The third-order valence-corrected chi connectivity index (χ3v) is 5.13. The Kier molecular flexibility index (Phi) is 8.24. The van der Waals surface area contributed by atoms with Crippen molar-refractivity contribution in [3.8, 4) is 5.75 Å². The number of aromatic nitrogens is 4. The van der Waals surface area contributed by atoms with E-state index in [1.54, 1.807) is 12.3 Å². The lowest BCUT2D eigenvalue weighted by Gasteiger charge is -2.32. The van der Waals surface area contributed by atoms with Crippen LogP contribution in [0.25, 0.3) is 0 Å². The molecule has 0 bridgehead atoms. The monoisotopic (exact) mass is 442 g/mol. The molecule has 4 rings (SSSR count). The van der Waals surface area contributed by atoms with Gasteiger partial charge in [-0.3, -0.25) is 4.79 Å². The minimum atomic E-state index is -0.0582. The Bertz CT molecular complexity index is 821. The SMILES string of the molecule is CC(C)Oc1cccnc1C(=O)N1CCC(c2nnc3n2CCNC3)CC1.Cl.Cl. The van der Waals surface area contributed by atoms with Gasteiger partial charge in [0.15, 0.2) is 11.4 Å². The minimum Gasteiger partial charge on any atom is -0.489 e. The molecule has 1 saturated heterocycles. The molecule has 0 unspecified atom stereocenters. The number of carbonyl (C=O) groups excluding carboxylic acids is 1. The maximum atomic E-state index is 13.0. The summed E-state index contributed by atoms with van der Waals surface area (Å²) in [5.74, 6) is 2.93.